The number of hydrogen-bond donors (Lipinski definition) is 1. The average Bonchev–Trinajstić information content (AvgIpc) is 3.36. The fraction of sp³-hybridized carbons (Fsp3) is 0.200. The molecular formula is C20H15F2N3O4. The van der Waals surface area contributed by atoms with Crippen molar-refractivity contribution in [2.75, 3.05) is 18.7 Å². The quantitative estimate of drug-likeness (QED) is 0.706. The lowest BCUT2D eigenvalue weighted by atomic mass is 10.0. The number of fused-ring (bicyclic) bond motifs is 2. The molecule has 0 saturated heterocycles. The van der Waals surface area contributed by atoms with Crippen LogP contribution in [-0.2, 0) is 13.0 Å². The number of aromatic nitrogens is 1. The molecule has 7 nitrogen and oxygen atoms in total. The minimum Gasteiger partial charge on any atom is -0.454 e. The van der Waals surface area contributed by atoms with Crippen molar-refractivity contribution in [2.24, 2.45) is 0 Å². The second-order valence-corrected chi connectivity index (χ2v) is 6.73. The third kappa shape index (κ3) is 3.14. The number of benzene rings is 2. The third-order valence-electron chi connectivity index (χ3n) is 4.93. The second-order valence-electron chi connectivity index (χ2n) is 6.73. The molecule has 2 aromatic carbocycles. The Balaban J connectivity index is 1.36. The van der Waals surface area contributed by atoms with Gasteiger partial charge in [0.1, 0.15) is 11.5 Å². The molecule has 0 aliphatic carbocycles. The summed E-state index contributed by atoms with van der Waals surface area (Å²) in [6.45, 7) is 0.835. The maximum Gasteiger partial charge on any atom is 0.322 e. The summed E-state index contributed by atoms with van der Waals surface area (Å²) < 4.78 is 42.8. The Kier molecular flexibility index (Phi) is 4.08. The van der Waals surface area contributed by atoms with E-state index in [9.17, 15) is 13.6 Å². The number of nitrogens with zero attached hydrogens (tertiary/aromatic N) is 2. The summed E-state index contributed by atoms with van der Waals surface area (Å²) in [5.41, 5.74) is 2.06. The highest BCUT2D eigenvalue weighted by molar-refractivity contribution is 5.90. The standard InChI is InChI=1S/C20H15F2N3O4/c21-14-3-1-11(7-15(14)22)19-13-9-25(6-5-16(13)29-24-19)20(26)23-12-2-4-17-18(8-12)28-10-27-17/h1-4,7-8H,5-6,9-10H2,(H,23,26). The van der Waals surface area contributed by atoms with Gasteiger partial charge >= 0.3 is 6.03 Å². The summed E-state index contributed by atoms with van der Waals surface area (Å²) in [7, 11) is 0. The number of carbonyl (C=O) groups is 1. The summed E-state index contributed by atoms with van der Waals surface area (Å²) in [6, 6.07) is 8.40. The first kappa shape index (κ1) is 17.5. The van der Waals surface area contributed by atoms with Crippen molar-refractivity contribution in [3.05, 3.63) is 59.4 Å². The Morgan fingerprint density at radius 3 is 2.79 bits per heavy atom. The zero-order valence-corrected chi connectivity index (χ0v) is 15.1. The van der Waals surface area contributed by atoms with Crippen molar-refractivity contribution in [3.63, 3.8) is 0 Å². The zero-order valence-electron chi connectivity index (χ0n) is 15.1. The number of urea groups is 1. The van der Waals surface area contributed by atoms with E-state index in [1.165, 1.54) is 6.07 Å². The largest absolute Gasteiger partial charge is 0.454 e. The van der Waals surface area contributed by atoms with Gasteiger partial charge in [0.25, 0.3) is 0 Å². The van der Waals surface area contributed by atoms with Crippen LogP contribution in [-0.4, -0.2) is 29.4 Å². The van der Waals surface area contributed by atoms with E-state index in [2.05, 4.69) is 10.5 Å². The van der Waals surface area contributed by atoms with Crippen molar-refractivity contribution < 1.29 is 27.6 Å². The molecule has 29 heavy (non-hydrogen) atoms. The van der Waals surface area contributed by atoms with Crippen LogP contribution in [0.25, 0.3) is 11.3 Å². The van der Waals surface area contributed by atoms with E-state index in [0.29, 0.717) is 52.7 Å². The predicted octanol–water partition coefficient (Wildman–Crippen LogP) is 3.94. The molecule has 2 aliphatic rings. The molecule has 5 rings (SSSR count). The van der Waals surface area contributed by atoms with E-state index in [0.717, 1.165) is 12.1 Å². The van der Waals surface area contributed by atoms with E-state index >= 15 is 0 Å². The highest BCUT2D eigenvalue weighted by Crippen LogP contribution is 2.35. The smallest absolute Gasteiger partial charge is 0.322 e. The Morgan fingerprint density at radius 2 is 1.93 bits per heavy atom. The van der Waals surface area contributed by atoms with Gasteiger partial charge in [-0.2, -0.15) is 0 Å². The predicted molar refractivity (Wildman–Crippen MR) is 97.6 cm³/mol. The van der Waals surface area contributed by atoms with Crippen LogP contribution < -0.4 is 14.8 Å². The van der Waals surface area contributed by atoms with E-state index in [1.54, 1.807) is 23.1 Å². The summed E-state index contributed by atoms with van der Waals surface area (Å²) in [5.74, 6) is -0.0604. The number of anilines is 1. The first-order chi connectivity index (χ1) is 14.1. The zero-order chi connectivity index (χ0) is 20.0. The summed E-state index contributed by atoms with van der Waals surface area (Å²) in [6.07, 6.45) is 0.473. The van der Waals surface area contributed by atoms with Gasteiger partial charge < -0.3 is 24.2 Å². The van der Waals surface area contributed by atoms with E-state index in [-0.39, 0.29) is 19.4 Å². The molecule has 2 aliphatic heterocycles. The van der Waals surface area contributed by atoms with Crippen LogP contribution >= 0.6 is 0 Å². The molecular weight excluding hydrogens is 384 g/mol. The minimum absolute atomic E-state index is 0.155. The monoisotopic (exact) mass is 399 g/mol. The molecule has 2 amide bonds. The van der Waals surface area contributed by atoms with Gasteiger partial charge in [-0.1, -0.05) is 5.16 Å². The van der Waals surface area contributed by atoms with Gasteiger partial charge in [-0.3, -0.25) is 0 Å². The molecule has 9 heteroatoms. The average molecular weight is 399 g/mol. The number of nitrogens with one attached hydrogen (secondary N) is 1. The first-order valence-electron chi connectivity index (χ1n) is 8.97. The van der Waals surface area contributed by atoms with Crippen molar-refractivity contribution >= 4 is 11.7 Å². The highest BCUT2D eigenvalue weighted by atomic mass is 19.2. The van der Waals surface area contributed by atoms with Gasteiger partial charge in [-0.15, -0.1) is 0 Å². The van der Waals surface area contributed by atoms with E-state index < -0.39 is 11.6 Å². The Hall–Kier alpha value is -3.62. The lowest BCUT2D eigenvalue weighted by molar-refractivity contribution is 0.174. The normalized spacial score (nSPS) is 14.6. The van der Waals surface area contributed by atoms with Gasteiger partial charge in [0, 0.05) is 35.8 Å². The third-order valence-corrected chi connectivity index (χ3v) is 4.93. The molecule has 0 spiro atoms. The van der Waals surface area contributed by atoms with Gasteiger partial charge in [0.15, 0.2) is 23.1 Å². The number of rotatable bonds is 2. The van der Waals surface area contributed by atoms with Crippen LogP contribution in [0, 0.1) is 11.6 Å². The maximum atomic E-state index is 13.6. The van der Waals surface area contributed by atoms with Crippen molar-refractivity contribution in [3.8, 4) is 22.8 Å². The molecule has 3 heterocycles. The fourth-order valence-electron chi connectivity index (χ4n) is 3.43. The SMILES string of the molecule is O=C(Nc1ccc2c(c1)OCO2)N1CCc2onc(-c3ccc(F)c(F)c3)c2C1. The molecule has 0 bridgehead atoms. The lowest BCUT2D eigenvalue weighted by Crippen LogP contribution is -2.38. The Morgan fingerprint density at radius 1 is 1.07 bits per heavy atom. The topological polar surface area (TPSA) is 76.8 Å². The molecule has 0 atom stereocenters. The summed E-state index contributed by atoms with van der Waals surface area (Å²) in [5, 5.41) is 6.83. The van der Waals surface area contributed by atoms with Crippen LogP contribution in [0.2, 0.25) is 0 Å². The number of halogens is 2. The summed E-state index contributed by atoms with van der Waals surface area (Å²) in [4.78, 5) is 14.3. The van der Waals surface area contributed by atoms with Crippen molar-refractivity contribution in [1.82, 2.24) is 10.1 Å². The lowest BCUT2D eigenvalue weighted by Gasteiger charge is -2.26. The summed E-state index contributed by atoms with van der Waals surface area (Å²) >= 11 is 0. The van der Waals surface area contributed by atoms with E-state index in [4.69, 9.17) is 14.0 Å². The van der Waals surface area contributed by atoms with Gasteiger partial charge in [0.05, 0.1) is 6.54 Å². The number of carbonyl (C=O) groups excluding carboxylic acids is 1. The van der Waals surface area contributed by atoms with Crippen LogP contribution in [0.1, 0.15) is 11.3 Å². The fourth-order valence-corrected chi connectivity index (χ4v) is 3.43. The number of hydrogen-bond acceptors (Lipinski definition) is 5. The van der Waals surface area contributed by atoms with Crippen LogP contribution in [0.5, 0.6) is 11.5 Å². The number of amides is 2. The molecule has 1 aromatic heterocycles. The van der Waals surface area contributed by atoms with Crippen LogP contribution in [0.4, 0.5) is 19.3 Å². The molecule has 0 unspecified atom stereocenters. The van der Waals surface area contributed by atoms with Gasteiger partial charge in [-0.25, -0.2) is 13.6 Å². The van der Waals surface area contributed by atoms with Gasteiger partial charge in [-0.05, 0) is 30.3 Å². The highest BCUT2D eigenvalue weighted by Gasteiger charge is 2.28. The molecule has 0 saturated carbocycles. The van der Waals surface area contributed by atoms with Crippen molar-refractivity contribution in [2.45, 2.75) is 13.0 Å². The van der Waals surface area contributed by atoms with Crippen LogP contribution in [0.3, 0.4) is 0 Å². The first-order valence-corrected chi connectivity index (χ1v) is 8.97. The molecule has 148 valence electrons. The molecule has 3 aromatic rings. The van der Waals surface area contributed by atoms with Crippen LogP contribution in [0.15, 0.2) is 40.9 Å². The molecule has 0 radical (unpaired) electrons. The number of ether oxygens (including phenoxy) is 2. The Labute approximate surface area is 163 Å². The van der Waals surface area contributed by atoms with Gasteiger partial charge in [0.2, 0.25) is 6.79 Å². The Bertz CT molecular complexity index is 1120. The maximum absolute atomic E-state index is 13.6. The second kappa shape index (κ2) is 6.77. The minimum atomic E-state index is -0.965. The van der Waals surface area contributed by atoms with E-state index in [1.807, 2.05) is 0 Å². The molecule has 0 fully saturated rings. The van der Waals surface area contributed by atoms with Crippen molar-refractivity contribution in [1.29, 1.82) is 0 Å². The molecule has 1 N–H and O–H groups in total.